The van der Waals surface area contributed by atoms with Crippen LogP contribution in [0.4, 0.5) is 11.4 Å². The van der Waals surface area contributed by atoms with Crippen molar-refractivity contribution in [1.29, 1.82) is 0 Å². The minimum absolute atomic E-state index is 0.0641. The number of carboxylic acids is 1. The van der Waals surface area contributed by atoms with E-state index in [2.05, 4.69) is 10.6 Å². The van der Waals surface area contributed by atoms with Crippen LogP contribution in [0.5, 0.6) is 5.75 Å². The number of hydrogen-bond donors (Lipinski definition) is 10. The van der Waals surface area contributed by atoms with Gasteiger partial charge in [-0.05, 0) is 65.3 Å². The number of ketones is 2. The van der Waals surface area contributed by atoms with E-state index in [-0.39, 0.29) is 30.6 Å². The number of nitrogens with zero attached hydrogens (tertiary/aromatic N) is 2. The first-order chi connectivity index (χ1) is 24.9. The molecule has 3 aliphatic carbocycles. The van der Waals surface area contributed by atoms with Gasteiger partial charge in [-0.2, -0.15) is 0 Å². The number of primary amides is 1. The lowest BCUT2D eigenvalue weighted by molar-refractivity contribution is -0.291. The molecule has 1 aromatic carbocycles. The van der Waals surface area contributed by atoms with Crippen LogP contribution in [0.25, 0.3) is 0 Å². The van der Waals surface area contributed by atoms with Gasteiger partial charge < -0.3 is 66.5 Å². The summed E-state index contributed by atoms with van der Waals surface area (Å²) in [5.74, 6) is -11.0. The molecule has 0 unspecified atom stereocenters. The maximum absolute atomic E-state index is 14.9. The molecule has 19 nitrogen and oxygen atoms in total. The Kier molecular flexibility index (Phi) is 10.7. The van der Waals surface area contributed by atoms with Crippen LogP contribution in [0, 0.1) is 11.8 Å². The van der Waals surface area contributed by atoms with Crippen LogP contribution in [0.2, 0.25) is 0 Å². The van der Waals surface area contributed by atoms with Gasteiger partial charge in [-0.3, -0.25) is 24.1 Å². The minimum Gasteiger partial charge on any atom is -0.510 e. The number of phenolic OH excluding ortho intramolecular Hbond substituents is 1. The van der Waals surface area contributed by atoms with E-state index in [4.69, 9.17) is 15.2 Å². The number of hydrogen-bond acceptors (Lipinski definition) is 16. The lowest BCUT2D eigenvalue weighted by Crippen LogP contribution is -2.65. The smallest absolute Gasteiger partial charge is 0.335 e. The zero-order valence-corrected chi connectivity index (χ0v) is 30.8. The Bertz CT molecular complexity index is 1850. The Morgan fingerprint density at radius 1 is 1.06 bits per heavy atom. The molecule has 0 spiro atoms. The Morgan fingerprint density at radius 3 is 2.22 bits per heavy atom. The molecular formula is C35H47N5O14. The fourth-order valence-corrected chi connectivity index (χ4v) is 7.73. The zero-order chi connectivity index (χ0) is 40.5. The summed E-state index contributed by atoms with van der Waals surface area (Å²) in [7, 11) is 6.30. The number of carboxylic acid groups (broad SMARTS) is 1. The summed E-state index contributed by atoms with van der Waals surface area (Å²) in [5.41, 5.74) is 0.803. The third-order valence-electron chi connectivity index (χ3n) is 10.3. The average Bonchev–Trinajstić information content (AvgIpc) is 3.05. The highest BCUT2D eigenvalue weighted by Crippen LogP contribution is 2.55. The van der Waals surface area contributed by atoms with Crippen molar-refractivity contribution in [1.82, 2.24) is 10.2 Å². The third-order valence-corrected chi connectivity index (χ3v) is 10.3. The Morgan fingerprint density at radius 2 is 1.69 bits per heavy atom. The quantitative estimate of drug-likeness (QED) is 0.0949. The van der Waals surface area contributed by atoms with Crippen molar-refractivity contribution in [2.75, 3.05) is 45.0 Å². The Balaban J connectivity index is 1.76. The van der Waals surface area contributed by atoms with Crippen molar-refractivity contribution >= 4 is 40.7 Å². The van der Waals surface area contributed by atoms with Gasteiger partial charge in [0.15, 0.2) is 23.2 Å². The van der Waals surface area contributed by atoms with Gasteiger partial charge >= 0.3 is 5.97 Å². The molecule has 0 bridgehead atoms. The van der Waals surface area contributed by atoms with E-state index in [9.17, 15) is 59.7 Å². The van der Waals surface area contributed by atoms with Crippen molar-refractivity contribution in [2.45, 2.75) is 81.5 Å². The number of nitrogens with one attached hydrogen (secondary N) is 2. The van der Waals surface area contributed by atoms with E-state index in [1.807, 2.05) is 20.8 Å². The number of ether oxygens (including phenoxy) is 2. The van der Waals surface area contributed by atoms with Crippen LogP contribution in [0.3, 0.4) is 0 Å². The molecule has 4 aliphatic rings. The number of aliphatic carboxylic acids is 1. The number of rotatable bonds is 9. The lowest BCUT2D eigenvalue weighted by atomic mass is 9.58. The van der Waals surface area contributed by atoms with Crippen molar-refractivity contribution in [3.8, 4) is 5.75 Å². The van der Waals surface area contributed by atoms with E-state index >= 15 is 0 Å². The second-order valence-corrected chi connectivity index (χ2v) is 15.5. The second kappa shape index (κ2) is 14.2. The van der Waals surface area contributed by atoms with Crippen LogP contribution < -0.4 is 21.3 Å². The van der Waals surface area contributed by atoms with Gasteiger partial charge in [-0.25, -0.2) is 4.79 Å². The third kappa shape index (κ3) is 6.69. The van der Waals surface area contributed by atoms with Gasteiger partial charge in [0.1, 0.15) is 35.4 Å². The number of carbonyl (C=O) groups is 5. The number of aromatic hydroxyl groups is 1. The molecule has 1 heterocycles. The molecule has 2 amide bonds. The molecule has 5 rings (SSSR count). The van der Waals surface area contributed by atoms with Gasteiger partial charge in [-0.15, -0.1) is 0 Å². The molecule has 0 saturated carbocycles. The van der Waals surface area contributed by atoms with E-state index in [1.54, 1.807) is 19.0 Å². The highest BCUT2D eigenvalue weighted by atomic mass is 16.7. The normalized spacial score (nSPS) is 31.1. The molecule has 9 atom stereocenters. The summed E-state index contributed by atoms with van der Waals surface area (Å²) in [5, 5.41) is 82.6. The molecule has 1 saturated heterocycles. The Labute approximate surface area is 309 Å². The summed E-state index contributed by atoms with van der Waals surface area (Å²) in [6, 6.07) is 0.178. The average molecular weight is 762 g/mol. The van der Waals surface area contributed by atoms with E-state index in [0.717, 1.165) is 0 Å². The number of aliphatic hydroxyl groups excluding tert-OH is 4. The van der Waals surface area contributed by atoms with Crippen LogP contribution in [-0.2, 0) is 35.1 Å². The van der Waals surface area contributed by atoms with E-state index in [1.165, 1.54) is 25.1 Å². The van der Waals surface area contributed by atoms with Gasteiger partial charge in [0.25, 0.3) is 5.91 Å². The van der Waals surface area contributed by atoms with Crippen LogP contribution in [-0.4, -0.2) is 153 Å². The predicted molar refractivity (Wildman–Crippen MR) is 187 cm³/mol. The molecular weight excluding hydrogens is 714 g/mol. The molecule has 296 valence electrons. The van der Waals surface area contributed by atoms with Gasteiger partial charge in [0.05, 0.1) is 23.8 Å². The fraction of sp³-hybridized carbons (Fsp3) is 0.571. The van der Waals surface area contributed by atoms with Gasteiger partial charge in [0, 0.05) is 36.8 Å². The summed E-state index contributed by atoms with van der Waals surface area (Å²) in [4.78, 5) is 69.7. The first-order valence-electron chi connectivity index (χ1n) is 17.1. The first kappa shape index (κ1) is 40.6. The summed E-state index contributed by atoms with van der Waals surface area (Å²) < 4.78 is 11.3. The van der Waals surface area contributed by atoms with Crippen LogP contribution >= 0.6 is 0 Å². The molecule has 19 heteroatoms. The van der Waals surface area contributed by atoms with Crippen LogP contribution in [0.15, 0.2) is 28.7 Å². The number of amides is 2. The number of anilines is 2. The van der Waals surface area contributed by atoms with E-state index < -0.39 is 117 Å². The molecule has 1 fully saturated rings. The number of aliphatic hydroxyl groups is 5. The maximum atomic E-state index is 14.9. The SMILES string of the molecule is CN(C)c1cc(NC(=O)CNC(C)(C)C)c(O)c2c1C[C@H]1C[C@H]3[C@@H](N(C)C)C(O)=C(C(N)=O)C(=O)[C@@]3(O)C(O[C@@H]3O[C@H](C(=O)O)[C@@H](O)[C@H](O)[C@H]3O)=C1C2=O. The molecule has 0 aromatic heterocycles. The van der Waals surface area contributed by atoms with Crippen molar-refractivity contribution < 1.29 is 69.2 Å². The monoisotopic (exact) mass is 761 g/mol. The number of allylic oxidation sites excluding steroid dienone is 1. The van der Waals surface area contributed by atoms with Gasteiger partial charge in [-0.1, -0.05) is 0 Å². The molecule has 1 aromatic rings. The Hall–Kier alpha value is -4.63. The summed E-state index contributed by atoms with van der Waals surface area (Å²) in [6.45, 7) is 5.37. The fourth-order valence-electron chi connectivity index (χ4n) is 7.73. The largest absolute Gasteiger partial charge is 0.510 e. The maximum Gasteiger partial charge on any atom is 0.335 e. The van der Waals surface area contributed by atoms with Gasteiger partial charge in [0.2, 0.25) is 18.0 Å². The highest BCUT2D eigenvalue weighted by Gasteiger charge is 2.65. The highest BCUT2D eigenvalue weighted by molar-refractivity contribution is 6.25. The number of carbonyl (C=O) groups excluding carboxylic acids is 4. The second-order valence-electron chi connectivity index (χ2n) is 15.5. The zero-order valence-electron chi connectivity index (χ0n) is 30.8. The number of likely N-dealkylation sites (N-methyl/N-ethyl adjacent to an activating group) is 1. The minimum atomic E-state index is -3.03. The summed E-state index contributed by atoms with van der Waals surface area (Å²) in [6.07, 6.45) is -11.3. The van der Waals surface area contributed by atoms with Crippen LogP contribution in [0.1, 0.15) is 43.1 Å². The van der Waals surface area contributed by atoms with E-state index in [0.29, 0.717) is 11.3 Å². The number of benzene rings is 1. The summed E-state index contributed by atoms with van der Waals surface area (Å²) >= 11 is 0. The van der Waals surface area contributed by atoms with Crippen molar-refractivity contribution in [3.63, 3.8) is 0 Å². The molecule has 11 N–H and O–H groups in total. The molecule has 0 radical (unpaired) electrons. The number of phenols is 1. The number of Topliss-reactive ketones (excluding diaryl/α,β-unsaturated/α-hetero) is 2. The lowest BCUT2D eigenvalue weighted by Gasteiger charge is -2.52. The predicted octanol–water partition coefficient (Wildman–Crippen LogP) is -2.14. The number of nitrogens with two attached hydrogens (primary N) is 1. The number of fused-ring (bicyclic) bond motifs is 3. The van der Waals surface area contributed by atoms with Crippen molar-refractivity contribution in [2.24, 2.45) is 17.6 Å². The topological polar surface area (TPSA) is 302 Å². The van der Waals surface area contributed by atoms with Crippen molar-refractivity contribution in [3.05, 3.63) is 39.9 Å². The first-order valence-corrected chi connectivity index (χ1v) is 17.1. The standard InChI is InChI=1S/C35H47N5O14/c1-34(2,3)37-11-17(41)38-15-10-16(39(4)5)13-8-12-9-14-21(40(6)7)24(44)20(31(36)49)29(48)35(14,52)30(18(12)23(43)19(13)22(15)42)54-33-27(47)25(45)26(46)28(53-33)32(50)51/h10,12,14,21,25-28,33,37,42,44-47,52H,8-9,11H2,1-7H3,(H2,36,49)(H,38,41)(H,50,51)/t12-,14-,21+,25-,26-,27+,28-,33-,35+/m0/s1. The molecule has 54 heavy (non-hydrogen) atoms. The molecule has 1 aliphatic heterocycles.